The fourth-order valence-electron chi connectivity index (χ4n) is 4.80. The molecule has 5 heteroatoms. The number of rotatable bonds is 2. The third-order valence-corrected chi connectivity index (χ3v) is 5.92. The molecule has 1 saturated carbocycles. The Hall–Kier alpha value is -1.65. The minimum absolute atomic E-state index is 0.0679. The first-order valence-corrected chi connectivity index (χ1v) is 8.43. The molecule has 2 aliphatic heterocycles. The maximum Gasteiger partial charge on any atom is 0.245 e. The molecule has 5 atom stereocenters. The third kappa shape index (κ3) is 1.80. The summed E-state index contributed by atoms with van der Waals surface area (Å²) in [5.41, 5.74) is 0. The molecule has 0 N–H and O–H groups in total. The molecule has 5 unspecified atom stereocenters. The fraction of sp³-hybridized carbons (Fsp3) is 0.706. The highest BCUT2D eigenvalue weighted by Crippen LogP contribution is 2.52. The quantitative estimate of drug-likeness (QED) is 0.569. The molecule has 4 aliphatic rings. The lowest BCUT2D eigenvalue weighted by Crippen LogP contribution is -2.51. The predicted molar refractivity (Wildman–Crippen MR) is 79.5 cm³/mol. The predicted octanol–water partition coefficient (Wildman–Crippen LogP) is 1.19. The highest BCUT2D eigenvalue weighted by Gasteiger charge is 2.60. The summed E-state index contributed by atoms with van der Waals surface area (Å²) in [7, 11) is 0. The number of likely N-dealkylation sites (tertiary alicyclic amines) is 2. The van der Waals surface area contributed by atoms with Crippen LogP contribution < -0.4 is 0 Å². The van der Waals surface area contributed by atoms with E-state index in [9.17, 15) is 14.4 Å². The van der Waals surface area contributed by atoms with Crippen LogP contribution in [0.5, 0.6) is 0 Å². The molecule has 22 heavy (non-hydrogen) atoms. The van der Waals surface area contributed by atoms with Crippen LogP contribution in [0.4, 0.5) is 0 Å². The zero-order valence-corrected chi connectivity index (χ0v) is 12.9. The number of nitrogens with zero attached hydrogens (tertiary/aromatic N) is 2. The van der Waals surface area contributed by atoms with Crippen LogP contribution in [0.3, 0.4) is 0 Å². The van der Waals surface area contributed by atoms with E-state index in [1.165, 1.54) is 4.90 Å². The average molecular weight is 302 g/mol. The normalized spacial score (nSPS) is 37.9. The standard InChI is InChI=1S/C17H22N2O3/c1-10(15(20)18-7-3-2-4-8-18)19-16(21)13-11-5-6-12(9-11)14(13)17(19)22/h5-6,10-14H,2-4,7-9H2,1H3. The van der Waals surface area contributed by atoms with Crippen molar-refractivity contribution in [3.63, 3.8) is 0 Å². The Labute approximate surface area is 130 Å². The number of carbonyl (C=O) groups excluding carboxylic acids is 3. The Morgan fingerprint density at radius 3 is 2.14 bits per heavy atom. The summed E-state index contributed by atoms with van der Waals surface area (Å²) in [4.78, 5) is 41.2. The summed E-state index contributed by atoms with van der Waals surface area (Å²) in [6, 6.07) is -0.650. The number of allylic oxidation sites excluding steroid dienone is 2. The smallest absolute Gasteiger partial charge is 0.245 e. The van der Waals surface area contributed by atoms with Gasteiger partial charge in [0.05, 0.1) is 11.8 Å². The number of fused-ring (bicyclic) bond motifs is 5. The Bertz CT molecular complexity index is 534. The van der Waals surface area contributed by atoms with Gasteiger partial charge in [-0.15, -0.1) is 0 Å². The van der Waals surface area contributed by atoms with E-state index in [0.717, 1.165) is 38.8 Å². The van der Waals surface area contributed by atoms with Gasteiger partial charge in [0.15, 0.2) is 0 Å². The van der Waals surface area contributed by atoms with Crippen LogP contribution >= 0.6 is 0 Å². The van der Waals surface area contributed by atoms with Crippen LogP contribution in [0.25, 0.3) is 0 Å². The molecule has 0 aromatic carbocycles. The van der Waals surface area contributed by atoms with Gasteiger partial charge in [-0.2, -0.15) is 0 Å². The molecule has 0 spiro atoms. The van der Waals surface area contributed by atoms with Gasteiger partial charge >= 0.3 is 0 Å². The number of amides is 3. The number of carbonyl (C=O) groups is 3. The van der Waals surface area contributed by atoms with Gasteiger partial charge in [0.1, 0.15) is 6.04 Å². The molecular weight excluding hydrogens is 280 g/mol. The van der Waals surface area contributed by atoms with Gasteiger partial charge in [0, 0.05) is 13.1 Å². The van der Waals surface area contributed by atoms with E-state index in [1.807, 2.05) is 4.90 Å². The summed E-state index contributed by atoms with van der Waals surface area (Å²) < 4.78 is 0. The summed E-state index contributed by atoms with van der Waals surface area (Å²) in [5.74, 6) is -0.322. The molecule has 2 heterocycles. The van der Waals surface area contributed by atoms with Gasteiger partial charge in [-0.3, -0.25) is 19.3 Å². The second-order valence-electron chi connectivity index (χ2n) is 7.11. The summed E-state index contributed by atoms with van der Waals surface area (Å²) >= 11 is 0. The first kappa shape index (κ1) is 14.0. The van der Waals surface area contributed by atoms with Crippen LogP contribution in [-0.2, 0) is 14.4 Å². The number of hydrogen-bond acceptors (Lipinski definition) is 3. The molecule has 3 fully saturated rings. The topological polar surface area (TPSA) is 57.7 Å². The first-order chi connectivity index (χ1) is 10.6. The van der Waals surface area contributed by atoms with Gasteiger partial charge in [-0.1, -0.05) is 12.2 Å². The molecule has 4 rings (SSSR count). The highest BCUT2D eigenvalue weighted by molar-refractivity contribution is 6.09. The zero-order chi connectivity index (χ0) is 15.4. The highest BCUT2D eigenvalue weighted by atomic mass is 16.2. The van der Waals surface area contributed by atoms with E-state index in [1.54, 1.807) is 6.92 Å². The summed E-state index contributed by atoms with van der Waals surface area (Å²) in [5, 5.41) is 0. The second-order valence-corrected chi connectivity index (χ2v) is 7.11. The minimum Gasteiger partial charge on any atom is -0.341 e. The van der Waals surface area contributed by atoms with E-state index in [4.69, 9.17) is 0 Å². The number of imide groups is 1. The summed E-state index contributed by atoms with van der Waals surface area (Å²) in [6.45, 7) is 3.21. The lowest BCUT2D eigenvalue weighted by atomic mass is 9.85. The van der Waals surface area contributed by atoms with Crippen molar-refractivity contribution in [3.05, 3.63) is 12.2 Å². The zero-order valence-electron chi connectivity index (χ0n) is 12.9. The van der Waals surface area contributed by atoms with Crippen LogP contribution in [0, 0.1) is 23.7 Å². The van der Waals surface area contributed by atoms with Crippen molar-refractivity contribution in [2.45, 2.75) is 38.6 Å². The van der Waals surface area contributed by atoms with E-state index in [2.05, 4.69) is 12.2 Å². The van der Waals surface area contributed by atoms with Crippen molar-refractivity contribution in [3.8, 4) is 0 Å². The van der Waals surface area contributed by atoms with Crippen molar-refractivity contribution in [1.82, 2.24) is 9.80 Å². The van der Waals surface area contributed by atoms with Crippen molar-refractivity contribution < 1.29 is 14.4 Å². The monoisotopic (exact) mass is 302 g/mol. The molecular formula is C17H22N2O3. The van der Waals surface area contributed by atoms with Crippen molar-refractivity contribution >= 4 is 17.7 Å². The Balaban J connectivity index is 1.54. The van der Waals surface area contributed by atoms with Crippen molar-refractivity contribution in [1.29, 1.82) is 0 Å². The van der Waals surface area contributed by atoms with E-state index < -0.39 is 6.04 Å². The first-order valence-electron chi connectivity index (χ1n) is 8.43. The van der Waals surface area contributed by atoms with Crippen molar-refractivity contribution in [2.75, 3.05) is 13.1 Å². The number of hydrogen-bond donors (Lipinski definition) is 0. The Kier molecular flexibility index (Phi) is 3.13. The second kappa shape index (κ2) is 4.93. The average Bonchev–Trinajstić information content (AvgIpc) is 3.21. The van der Waals surface area contributed by atoms with Crippen molar-refractivity contribution in [2.24, 2.45) is 23.7 Å². The van der Waals surface area contributed by atoms with Crippen LogP contribution in [0.1, 0.15) is 32.6 Å². The minimum atomic E-state index is -0.650. The molecule has 0 aromatic heterocycles. The van der Waals surface area contributed by atoms with E-state index in [-0.39, 0.29) is 41.4 Å². The molecule has 118 valence electrons. The van der Waals surface area contributed by atoms with Crippen LogP contribution in [0.2, 0.25) is 0 Å². The number of piperidine rings is 1. The fourth-order valence-corrected chi connectivity index (χ4v) is 4.80. The Morgan fingerprint density at radius 1 is 1.05 bits per heavy atom. The van der Waals surface area contributed by atoms with Crippen LogP contribution in [-0.4, -0.2) is 46.7 Å². The van der Waals surface area contributed by atoms with E-state index >= 15 is 0 Å². The molecule has 2 bridgehead atoms. The van der Waals surface area contributed by atoms with Gasteiger partial charge in [0.25, 0.3) is 0 Å². The molecule has 5 nitrogen and oxygen atoms in total. The SMILES string of the molecule is CC(C(=O)N1CCCCC1)N1C(=O)C2C3C=CC(C3)C2C1=O. The van der Waals surface area contributed by atoms with Gasteiger partial charge < -0.3 is 4.90 Å². The largest absolute Gasteiger partial charge is 0.341 e. The maximum atomic E-state index is 12.7. The lowest BCUT2D eigenvalue weighted by Gasteiger charge is -2.32. The lowest BCUT2D eigenvalue weighted by molar-refractivity contribution is -0.151. The molecule has 2 saturated heterocycles. The third-order valence-electron chi connectivity index (χ3n) is 5.92. The molecule has 3 amide bonds. The molecule has 0 aromatic rings. The maximum absolute atomic E-state index is 12.7. The molecule has 2 aliphatic carbocycles. The van der Waals surface area contributed by atoms with Gasteiger partial charge in [0.2, 0.25) is 17.7 Å². The molecule has 0 radical (unpaired) electrons. The summed E-state index contributed by atoms with van der Waals surface area (Å²) in [6.07, 6.45) is 8.27. The Morgan fingerprint density at radius 2 is 1.59 bits per heavy atom. The van der Waals surface area contributed by atoms with Gasteiger partial charge in [-0.05, 0) is 44.4 Å². The van der Waals surface area contributed by atoms with Crippen LogP contribution in [0.15, 0.2) is 12.2 Å². The van der Waals surface area contributed by atoms with E-state index in [0.29, 0.717) is 0 Å². The van der Waals surface area contributed by atoms with Gasteiger partial charge in [-0.25, -0.2) is 0 Å².